The zero-order valence-corrected chi connectivity index (χ0v) is 10.6. The highest BCUT2D eigenvalue weighted by Gasteiger charge is 2.20. The monoisotopic (exact) mass is 269 g/mol. The van der Waals surface area contributed by atoms with Crippen molar-refractivity contribution in [2.45, 2.75) is 38.1 Å². The van der Waals surface area contributed by atoms with Crippen LogP contribution in [0.25, 0.3) is 0 Å². The van der Waals surface area contributed by atoms with Gasteiger partial charge in [0.1, 0.15) is 0 Å². The van der Waals surface area contributed by atoms with Crippen molar-refractivity contribution in [1.29, 1.82) is 0 Å². The number of carboxylic acid groups (broad SMARTS) is 1. The summed E-state index contributed by atoms with van der Waals surface area (Å²) in [5.41, 5.74) is 6.67. The van der Waals surface area contributed by atoms with E-state index in [-0.39, 0.29) is 18.7 Å². The smallest absolute Gasteiger partial charge is 0.303 e. The fourth-order valence-electron chi connectivity index (χ4n) is 1.85. The van der Waals surface area contributed by atoms with E-state index in [1.165, 1.54) is 16.2 Å². The summed E-state index contributed by atoms with van der Waals surface area (Å²) in [6.45, 7) is 0. The van der Waals surface area contributed by atoms with Crippen LogP contribution in [0.3, 0.4) is 0 Å². The van der Waals surface area contributed by atoms with Gasteiger partial charge in [-0.15, -0.1) is 11.3 Å². The van der Waals surface area contributed by atoms with Crippen LogP contribution in [-0.4, -0.2) is 28.0 Å². The molecular weight excluding hydrogens is 254 g/mol. The molecule has 0 aliphatic heterocycles. The summed E-state index contributed by atoms with van der Waals surface area (Å²) >= 11 is 1.48. The topological polar surface area (TPSA) is 105 Å². The van der Waals surface area contributed by atoms with Gasteiger partial charge in [-0.1, -0.05) is 0 Å². The van der Waals surface area contributed by atoms with Crippen LogP contribution < -0.4 is 11.1 Å². The fraction of sp³-hybridized carbons (Fsp3) is 0.545. The zero-order chi connectivity index (χ0) is 13.1. The number of nitrogens with two attached hydrogens (primary N) is 1. The Morgan fingerprint density at radius 2 is 2.28 bits per heavy atom. The predicted molar refractivity (Wildman–Crippen MR) is 67.6 cm³/mol. The van der Waals surface area contributed by atoms with Gasteiger partial charge in [0.2, 0.25) is 5.91 Å². The third-order valence-corrected chi connectivity index (χ3v) is 3.90. The summed E-state index contributed by atoms with van der Waals surface area (Å²) < 4.78 is 0. The first kappa shape index (κ1) is 13.0. The molecule has 6 nitrogen and oxygen atoms in total. The van der Waals surface area contributed by atoms with Crippen LogP contribution in [0.4, 0.5) is 5.13 Å². The van der Waals surface area contributed by atoms with Gasteiger partial charge in [0.25, 0.3) is 0 Å². The van der Waals surface area contributed by atoms with E-state index in [0.717, 1.165) is 25.0 Å². The van der Waals surface area contributed by atoms with E-state index in [0.29, 0.717) is 5.13 Å². The van der Waals surface area contributed by atoms with Crippen LogP contribution in [-0.2, 0) is 22.4 Å². The molecule has 1 aliphatic rings. The Balaban J connectivity index is 1.88. The first-order valence-corrected chi connectivity index (χ1v) is 6.64. The molecule has 0 bridgehead atoms. The molecule has 0 aromatic carbocycles. The van der Waals surface area contributed by atoms with Gasteiger partial charge in [-0.25, -0.2) is 4.98 Å². The van der Waals surface area contributed by atoms with Gasteiger partial charge in [-0.05, 0) is 25.7 Å². The Kier molecular flexibility index (Phi) is 3.93. The molecule has 1 aromatic rings. The maximum Gasteiger partial charge on any atom is 0.303 e. The quantitative estimate of drug-likeness (QED) is 0.732. The van der Waals surface area contributed by atoms with Crippen LogP contribution in [0.5, 0.6) is 0 Å². The molecule has 1 amide bonds. The number of rotatable bonds is 5. The van der Waals surface area contributed by atoms with Crippen molar-refractivity contribution in [2.75, 3.05) is 5.32 Å². The molecule has 2 rings (SSSR count). The highest BCUT2D eigenvalue weighted by Crippen LogP contribution is 2.30. The average Bonchev–Trinajstić information content (AvgIpc) is 2.85. The highest BCUT2D eigenvalue weighted by molar-refractivity contribution is 7.15. The summed E-state index contributed by atoms with van der Waals surface area (Å²) in [4.78, 5) is 27.6. The molecule has 0 fully saturated rings. The molecule has 0 saturated carbocycles. The number of hydrogen-bond donors (Lipinski definition) is 3. The summed E-state index contributed by atoms with van der Waals surface area (Å²) in [5.74, 6) is -1.32. The molecule has 4 N–H and O–H groups in total. The summed E-state index contributed by atoms with van der Waals surface area (Å²) in [6.07, 6.45) is 3.14. The van der Waals surface area contributed by atoms with Gasteiger partial charge in [0.15, 0.2) is 5.13 Å². The molecule has 1 aliphatic carbocycles. The van der Waals surface area contributed by atoms with Gasteiger partial charge in [0, 0.05) is 11.3 Å². The Bertz CT molecular complexity index is 451. The lowest BCUT2D eigenvalue weighted by Gasteiger charge is -2.08. The van der Waals surface area contributed by atoms with E-state index >= 15 is 0 Å². The second-order valence-electron chi connectivity index (χ2n) is 4.27. The SMILES string of the molecule is NC(CCC(=O)O)C(=O)Nc1nc2c(s1)CCC2. The normalized spacial score (nSPS) is 15.2. The number of aromatic nitrogens is 1. The zero-order valence-electron chi connectivity index (χ0n) is 9.81. The molecule has 0 saturated heterocycles. The molecule has 98 valence electrons. The standard InChI is InChI=1S/C11H15N3O3S/c12-6(4-5-9(15)16)10(17)14-11-13-7-2-1-3-8(7)18-11/h6H,1-5,12H2,(H,15,16)(H,13,14,17). The van der Waals surface area contributed by atoms with Crippen molar-refractivity contribution in [1.82, 2.24) is 4.98 Å². The largest absolute Gasteiger partial charge is 0.481 e. The summed E-state index contributed by atoms with van der Waals surface area (Å²) in [7, 11) is 0. The highest BCUT2D eigenvalue weighted by atomic mass is 32.1. The number of carbonyl (C=O) groups excluding carboxylic acids is 1. The Morgan fingerprint density at radius 1 is 1.50 bits per heavy atom. The van der Waals surface area contributed by atoms with Crippen LogP contribution in [0.2, 0.25) is 0 Å². The predicted octanol–water partition coefficient (Wildman–Crippen LogP) is 0.762. The molecule has 1 atom stereocenters. The second-order valence-corrected chi connectivity index (χ2v) is 5.35. The number of thiazole rings is 1. The van der Waals surface area contributed by atoms with Crippen molar-refractivity contribution in [2.24, 2.45) is 5.73 Å². The molecule has 0 spiro atoms. The van der Waals surface area contributed by atoms with Crippen molar-refractivity contribution >= 4 is 28.3 Å². The fourth-order valence-corrected chi connectivity index (χ4v) is 2.90. The minimum absolute atomic E-state index is 0.108. The maximum absolute atomic E-state index is 11.7. The number of nitrogens with zero attached hydrogens (tertiary/aromatic N) is 1. The number of aliphatic carboxylic acids is 1. The molecule has 18 heavy (non-hydrogen) atoms. The van der Waals surface area contributed by atoms with Crippen molar-refractivity contribution < 1.29 is 14.7 Å². The molecular formula is C11H15N3O3S. The van der Waals surface area contributed by atoms with E-state index in [4.69, 9.17) is 10.8 Å². The number of carboxylic acids is 1. The second kappa shape index (κ2) is 5.45. The molecule has 1 unspecified atom stereocenters. The molecule has 0 radical (unpaired) electrons. The lowest BCUT2D eigenvalue weighted by atomic mass is 10.1. The lowest BCUT2D eigenvalue weighted by Crippen LogP contribution is -2.36. The lowest BCUT2D eigenvalue weighted by molar-refractivity contribution is -0.137. The Morgan fingerprint density at radius 3 is 2.94 bits per heavy atom. The maximum atomic E-state index is 11.7. The third-order valence-electron chi connectivity index (χ3n) is 2.83. The first-order chi connectivity index (χ1) is 8.56. The number of hydrogen-bond acceptors (Lipinski definition) is 5. The molecule has 1 aromatic heterocycles. The van der Waals surface area contributed by atoms with Gasteiger partial charge < -0.3 is 16.2 Å². The summed E-state index contributed by atoms with van der Waals surface area (Å²) in [6, 6.07) is -0.806. The van der Waals surface area contributed by atoms with Crippen molar-refractivity contribution in [3.05, 3.63) is 10.6 Å². The van der Waals surface area contributed by atoms with Crippen molar-refractivity contribution in [3.63, 3.8) is 0 Å². The molecule has 1 heterocycles. The van der Waals surface area contributed by atoms with Crippen LogP contribution >= 0.6 is 11.3 Å². The molecule has 7 heteroatoms. The van der Waals surface area contributed by atoms with Gasteiger partial charge in [-0.2, -0.15) is 0 Å². The van der Waals surface area contributed by atoms with Gasteiger partial charge in [-0.3, -0.25) is 9.59 Å². The first-order valence-electron chi connectivity index (χ1n) is 5.83. The van der Waals surface area contributed by atoms with Gasteiger partial charge in [0.05, 0.1) is 11.7 Å². The number of amides is 1. The minimum atomic E-state index is -0.952. The van der Waals surface area contributed by atoms with E-state index in [1.807, 2.05) is 0 Å². The number of anilines is 1. The number of aryl methyl sites for hydroxylation is 2. The number of fused-ring (bicyclic) bond motifs is 1. The number of carbonyl (C=O) groups is 2. The number of nitrogens with one attached hydrogen (secondary N) is 1. The minimum Gasteiger partial charge on any atom is -0.481 e. The Labute approximate surface area is 108 Å². The third kappa shape index (κ3) is 3.05. The average molecular weight is 269 g/mol. The van der Waals surface area contributed by atoms with Gasteiger partial charge >= 0.3 is 5.97 Å². The van der Waals surface area contributed by atoms with E-state index in [2.05, 4.69) is 10.3 Å². The van der Waals surface area contributed by atoms with E-state index in [1.54, 1.807) is 0 Å². The van der Waals surface area contributed by atoms with E-state index in [9.17, 15) is 9.59 Å². The Hall–Kier alpha value is -1.47. The van der Waals surface area contributed by atoms with Crippen molar-refractivity contribution in [3.8, 4) is 0 Å². The summed E-state index contributed by atoms with van der Waals surface area (Å²) in [5, 5.41) is 11.7. The van der Waals surface area contributed by atoms with E-state index < -0.39 is 12.0 Å². The van der Waals surface area contributed by atoms with Crippen LogP contribution in [0, 0.1) is 0 Å². The van der Waals surface area contributed by atoms with Crippen LogP contribution in [0.15, 0.2) is 0 Å². The van der Waals surface area contributed by atoms with Crippen LogP contribution in [0.1, 0.15) is 29.8 Å².